The molecule has 136 heavy (non-hydrogen) atoms. The van der Waals surface area contributed by atoms with Crippen molar-refractivity contribution in [3.05, 3.63) is 35.9 Å². The van der Waals surface area contributed by atoms with Crippen molar-refractivity contribution in [1.29, 1.82) is 0 Å². The Morgan fingerprint density at radius 2 is 1.05 bits per heavy atom. The highest BCUT2D eigenvalue weighted by Crippen LogP contribution is 2.30. The average molecular weight is 1950 g/mol. The van der Waals surface area contributed by atoms with Crippen LogP contribution in [0.25, 0.3) is 0 Å². The SMILES string of the molecule is CCCC[C@H](NC(=O)[C@@H]1CCCN1C(=O)[C@@H](NC(C)=O)C(C)C)C(=O)NC1CCSSC[C@@H](C(=O)NC(CCCCN)C(=O)N2CCC[C@H]2C(=O)N2CCC[C@H]2C(=O)N[C@@H](CCC(=O)O)C(N)=O)NC(=O)[C@H](Cc2ccccc2)NC(=O)[C@H](CO)NC(=O)C(C)NC(=O)[C@@H]2CCCN2C(=O)[C@H](CCCC)NC(=O)[C@H](CCCCN)NC(=O)[C@H](CCCN=C(N)N)NC(=O)[C@H](CC(C)C)NC1=O. The third kappa shape index (κ3) is 36.2. The van der Waals surface area contributed by atoms with Crippen molar-refractivity contribution in [3.63, 3.8) is 0 Å². The number of primary amides is 1. The number of amides is 18. The molecule has 0 radical (unpaired) electrons. The van der Waals surface area contributed by atoms with Crippen molar-refractivity contribution >= 4 is 140 Å². The number of guanidine groups is 1. The van der Waals surface area contributed by atoms with Crippen molar-refractivity contribution in [2.75, 3.05) is 63.9 Å². The molecule has 5 fully saturated rings. The first-order valence-corrected chi connectivity index (χ1v) is 50.3. The fraction of sp³-hybridized carbons (Fsp3) is 0.711. The molecule has 25 N–H and O–H groups in total. The summed E-state index contributed by atoms with van der Waals surface area (Å²) in [5, 5.41) is 55.5. The van der Waals surface area contributed by atoms with E-state index in [1.165, 1.54) is 33.4 Å². The Balaban J connectivity index is 1.48. The predicted molar refractivity (Wildman–Crippen MR) is 507 cm³/mol. The molecule has 1 aromatic carbocycles. The number of benzene rings is 1. The number of carbonyl (C=O) groups is 19. The van der Waals surface area contributed by atoms with Gasteiger partial charge in [-0.2, -0.15) is 0 Å². The van der Waals surface area contributed by atoms with Crippen LogP contribution in [0, 0.1) is 11.8 Å². The Morgan fingerprint density at radius 3 is 1.65 bits per heavy atom. The molecule has 3 unspecified atom stereocenters. The summed E-state index contributed by atoms with van der Waals surface area (Å²) in [6.45, 7) is 12.8. The number of aliphatic hydroxyl groups excluding tert-OH is 1. The normalized spacial score (nSPS) is 24.4. The molecule has 44 nitrogen and oxygen atoms in total. The molecule has 5 aliphatic rings. The monoisotopic (exact) mass is 1950 g/mol. The Hall–Kier alpha value is -11.0. The maximum absolute atomic E-state index is 15.6. The molecule has 17 atom stereocenters. The zero-order valence-electron chi connectivity index (χ0n) is 79.6. The topological polar surface area (TPSA) is 677 Å². The second-order valence-electron chi connectivity index (χ2n) is 36.1. The second kappa shape index (κ2) is 58.5. The number of rotatable bonds is 40. The number of unbranched alkanes of at least 4 members (excludes halogenated alkanes) is 4. The largest absolute Gasteiger partial charge is 0.481 e. The molecular weight excluding hydrogens is 1800 g/mol. The van der Waals surface area contributed by atoms with Gasteiger partial charge in [0, 0.05) is 64.0 Å². The van der Waals surface area contributed by atoms with Crippen LogP contribution < -0.4 is 97.8 Å². The Kier molecular flexibility index (Phi) is 49.0. The van der Waals surface area contributed by atoms with Crippen LogP contribution >= 0.6 is 21.6 Å². The summed E-state index contributed by atoms with van der Waals surface area (Å²) in [6, 6.07) is -15.4. The lowest BCUT2D eigenvalue weighted by Gasteiger charge is -2.33. The van der Waals surface area contributed by atoms with Crippen molar-refractivity contribution < 1.29 is 101 Å². The van der Waals surface area contributed by atoms with E-state index in [0.29, 0.717) is 69.8 Å². The van der Waals surface area contributed by atoms with Crippen LogP contribution in [0.15, 0.2) is 35.3 Å². The molecule has 6 rings (SSSR count). The number of aliphatic imine (C=N–C) groups is 1. The van der Waals surface area contributed by atoms with E-state index in [1.807, 2.05) is 13.8 Å². The predicted octanol–water partition coefficient (Wildman–Crippen LogP) is -2.94. The molecule has 0 saturated carbocycles. The van der Waals surface area contributed by atoms with Crippen LogP contribution in [0.3, 0.4) is 0 Å². The van der Waals surface area contributed by atoms with E-state index < -0.39 is 234 Å². The summed E-state index contributed by atoms with van der Waals surface area (Å²) in [4.78, 5) is 284. The summed E-state index contributed by atoms with van der Waals surface area (Å²) in [7, 11) is 1.98. The summed E-state index contributed by atoms with van der Waals surface area (Å²) in [5.41, 5.74) is 29.4. The zero-order chi connectivity index (χ0) is 100. The molecule has 46 heteroatoms. The molecule has 760 valence electrons. The standard InChI is InChI=1S/C90H147N23O21S2/c1-9-11-27-57(103-85(130)69-34-23-44-112(69)89(134)72(52(5)6)98-54(8)115)75(120)102-60-38-46-135-136-50-66(82(127)105-62(30-17-19-40-92)87(132)113-45-24-35-70(113)88(133)111-43-22-33-68(111)84(129)99-56(73(93)118)36-37-71(116)117)109-80(125)64(48-55-25-14-13-15-26-55)107-81(126)65(49-114)108-74(119)53(7)97-83(128)67-32-21-42-110(67)86(131)61(28-12-10-2)104-77(122)58(29-16-18-39-91)100-76(121)59(31-20-41-96-90(94)95)101-79(124)63(47-51(3)4)106-78(60)123/h13-15,25-26,51-53,56-70,72,114H,9-12,16-24,27-50,91-92H2,1-8H3,(H2,93,118)(H,97,128)(H,98,115)(H,99,129)(H,100,121)(H,101,124)(H,102,120)(H,103,130)(H,104,122)(H,105,127)(H,106,123)(H,107,126)(H,108,119)(H,109,125)(H,116,117)(H4,94,95,96)/t53?,56-,57-,58-,59-,60?,61-,62?,63-,64-,65-,66-,67-,68-,69-,70-,72-/m0/s1. The fourth-order valence-corrected chi connectivity index (χ4v) is 19.3. The van der Waals surface area contributed by atoms with Crippen LogP contribution in [0.4, 0.5) is 0 Å². The van der Waals surface area contributed by atoms with Crippen molar-refractivity contribution in [1.82, 2.24) is 88.7 Å². The second-order valence-corrected chi connectivity index (χ2v) is 38.7. The van der Waals surface area contributed by atoms with Gasteiger partial charge in [0.05, 0.1) is 6.61 Å². The lowest BCUT2D eigenvalue weighted by Crippen LogP contribution is -2.61. The number of nitrogens with zero attached hydrogens (tertiary/aromatic N) is 5. The number of carboxylic acid groups (broad SMARTS) is 1. The lowest BCUT2D eigenvalue weighted by atomic mass is 10.0. The van der Waals surface area contributed by atoms with Gasteiger partial charge < -0.3 is 128 Å². The van der Waals surface area contributed by atoms with E-state index in [-0.39, 0.29) is 172 Å². The smallest absolute Gasteiger partial charge is 0.303 e. The quantitative estimate of drug-likeness (QED) is 0.0135. The van der Waals surface area contributed by atoms with Crippen LogP contribution in [0.2, 0.25) is 0 Å². The average Bonchev–Trinajstić information content (AvgIpc) is 1.64. The van der Waals surface area contributed by atoms with E-state index in [1.54, 1.807) is 58.0 Å². The first-order valence-electron chi connectivity index (χ1n) is 47.8. The Morgan fingerprint density at radius 1 is 0.522 bits per heavy atom. The minimum absolute atomic E-state index is 0.00196. The van der Waals surface area contributed by atoms with Gasteiger partial charge >= 0.3 is 5.97 Å². The van der Waals surface area contributed by atoms with E-state index in [4.69, 9.17) is 28.7 Å². The van der Waals surface area contributed by atoms with Gasteiger partial charge in [-0.05, 0) is 172 Å². The van der Waals surface area contributed by atoms with Gasteiger partial charge in [0.15, 0.2) is 5.96 Å². The number of carboxylic acids is 1. The highest BCUT2D eigenvalue weighted by atomic mass is 33.1. The highest BCUT2D eigenvalue weighted by Gasteiger charge is 2.47. The van der Waals surface area contributed by atoms with Gasteiger partial charge in [-0.3, -0.25) is 96.1 Å². The maximum Gasteiger partial charge on any atom is 0.303 e. The third-order valence-electron chi connectivity index (χ3n) is 24.5. The maximum atomic E-state index is 15.6. The number of carbonyl (C=O) groups excluding carboxylic acids is 18. The molecule has 0 spiro atoms. The molecule has 0 bridgehead atoms. The zero-order valence-corrected chi connectivity index (χ0v) is 81.2. The third-order valence-corrected chi connectivity index (χ3v) is 26.9. The summed E-state index contributed by atoms with van der Waals surface area (Å²) in [5.74, 6) is -17.5. The first kappa shape index (κ1) is 114. The summed E-state index contributed by atoms with van der Waals surface area (Å²) >= 11 is 0. The van der Waals surface area contributed by atoms with Gasteiger partial charge in [-0.25, -0.2) is 0 Å². The minimum Gasteiger partial charge on any atom is -0.481 e. The van der Waals surface area contributed by atoms with Gasteiger partial charge in [-0.1, -0.05) is 119 Å². The molecule has 5 saturated heterocycles. The lowest BCUT2D eigenvalue weighted by molar-refractivity contribution is -0.148. The molecule has 1 aromatic rings. The summed E-state index contributed by atoms with van der Waals surface area (Å²) in [6.07, 6.45) is 3.35. The molecule has 0 aliphatic carbocycles. The van der Waals surface area contributed by atoms with Crippen LogP contribution in [0.5, 0.6) is 0 Å². The van der Waals surface area contributed by atoms with Crippen molar-refractivity contribution in [2.45, 2.75) is 331 Å². The van der Waals surface area contributed by atoms with Crippen molar-refractivity contribution in [2.24, 2.45) is 45.5 Å². The number of likely N-dealkylation sites (tertiary alicyclic amines) is 3. The van der Waals surface area contributed by atoms with Crippen LogP contribution in [-0.4, -0.2) is 315 Å². The van der Waals surface area contributed by atoms with Gasteiger partial charge in [0.2, 0.25) is 106 Å². The first-order chi connectivity index (χ1) is 64.8. The molecule has 5 aliphatic heterocycles. The number of nitrogens with one attached hydrogen (secondary N) is 13. The van der Waals surface area contributed by atoms with E-state index in [9.17, 15) is 67.7 Å². The molecule has 0 aromatic heterocycles. The van der Waals surface area contributed by atoms with Gasteiger partial charge in [0.25, 0.3) is 0 Å². The highest BCUT2D eigenvalue weighted by molar-refractivity contribution is 8.76. The number of hydrogen-bond donors (Lipinski definition) is 20. The van der Waals surface area contributed by atoms with E-state index >= 15 is 33.6 Å². The Bertz CT molecular complexity index is 4270. The van der Waals surface area contributed by atoms with Crippen LogP contribution in [-0.2, 0) is 97.5 Å². The van der Waals surface area contributed by atoms with E-state index in [0.717, 1.165) is 21.6 Å². The molecule has 18 amide bonds. The molecule has 5 heterocycles. The van der Waals surface area contributed by atoms with Gasteiger partial charge in [-0.15, -0.1) is 0 Å². The van der Waals surface area contributed by atoms with Crippen LogP contribution in [0.1, 0.15) is 228 Å². The Labute approximate surface area is 802 Å². The number of aliphatic hydroxyl groups is 1. The minimum atomic E-state index is -1.82. The fourth-order valence-electron chi connectivity index (χ4n) is 17.0. The number of nitrogens with two attached hydrogens (primary N) is 5. The van der Waals surface area contributed by atoms with Gasteiger partial charge in [0.1, 0.15) is 103 Å². The number of aliphatic carboxylic acids is 1. The number of hydrogen-bond acceptors (Lipinski definition) is 25. The van der Waals surface area contributed by atoms with Crippen molar-refractivity contribution in [3.8, 4) is 0 Å². The van der Waals surface area contributed by atoms with E-state index in [2.05, 4.69) is 74.1 Å². The number of fused-ring (bicyclic) bond motifs is 1. The molecular formula is C90H147N23O21S2. The summed E-state index contributed by atoms with van der Waals surface area (Å²) < 4.78 is 0.